The lowest BCUT2D eigenvalue weighted by atomic mass is 10.0. The molecule has 0 unspecified atom stereocenters. The van der Waals surface area contributed by atoms with Crippen molar-refractivity contribution >= 4 is 39.1 Å². The third kappa shape index (κ3) is 8.73. The first-order chi connectivity index (χ1) is 21.9. The van der Waals surface area contributed by atoms with Gasteiger partial charge in [0, 0.05) is 24.0 Å². The molecule has 0 spiro atoms. The summed E-state index contributed by atoms with van der Waals surface area (Å²) in [7, 11) is -4.26. The zero-order valence-electron chi connectivity index (χ0n) is 26.4. The summed E-state index contributed by atoms with van der Waals surface area (Å²) in [4.78, 5) is 29.8. The van der Waals surface area contributed by atoms with E-state index in [1.165, 1.54) is 41.3 Å². The predicted octanol–water partition coefficient (Wildman–Crippen LogP) is 6.85. The van der Waals surface area contributed by atoms with Gasteiger partial charge in [-0.1, -0.05) is 67.1 Å². The van der Waals surface area contributed by atoms with Crippen LogP contribution in [0.15, 0.2) is 102 Å². The molecule has 7 nitrogen and oxygen atoms in total. The quantitative estimate of drug-likeness (QED) is 0.170. The van der Waals surface area contributed by atoms with E-state index < -0.39 is 34.3 Å². The van der Waals surface area contributed by atoms with E-state index in [-0.39, 0.29) is 29.8 Å². The van der Waals surface area contributed by atoms with Gasteiger partial charge in [0.2, 0.25) is 11.8 Å². The fraction of sp³-hybridized carbons (Fsp3) is 0.278. The van der Waals surface area contributed by atoms with Gasteiger partial charge in [0.25, 0.3) is 10.0 Å². The van der Waals surface area contributed by atoms with Crippen molar-refractivity contribution in [2.24, 2.45) is 0 Å². The van der Waals surface area contributed by atoms with Gasteiger partial charge < -0.3 is 10.2 Å². The molecule has 242 valence electrons. The number of aryl methyl sites for hydroxylation is 2. The van der Waals surface area contributed by atoms with Crippen molar-refractivity contribution in [2.75, 3.05) is 10.8 Å². The summed E-state index contributed by atoms with van der Waals surface area (Å²) < 4.78 is 43.2. The van der Waals surface area contributed by atoms with Gasteiger partial charge in [0.05, 0.1) is 10.6 Å². The maximum atomic E-state index is 14.5. The second-order valence-corrected chi connectivity index (χ2v) is 13.7. The van der Waals surface area contributed by atoms with E-state index in [4.69, 9.17) is 11.6 Å². The van der Waals surface area contributed by atoms with Crippen LogP contribution in [0.2, 0.25) is 5.02 Å². The fourth-order valence-corrected chi connectivity index (χ4v) is 6.46. The lowest BCUT2D eigenvalue weighted by Crippen LogP contribution is -2.54. The van der Waals surface area contributed by atoms with Gasteiger partial charge in [0.15, 0.2) is 0 Å². The average molecular weight is 664 g/mol. The summed E-state index contributed by atoms with van der Waals surface area (Å²) >= 11 is 6.06. The smallest absolute Gasteiger partial charge is 0.264 e. The fourth-order valence-electron chi connectivity index (χ4n) is 4.92. The zero-order valence-corrected chi connectivity index (χ0v) is 28.0. The summed E-state index contributed by atoms with van der Waals surface area (Å²) in [5, 5.41) is 3.37. The Kier molecular flexibility index (Phi) is 11.6. The number of amides is 2. The standard InChI is InChI=1S/C36H39ClFN3O4S/c1-5-27(4)39-36(43)34(22-28-9-7-6-8-10-28)40(23-29-12-16-31(38)17-13-29)35(42)24-41(32-18-11-25(2)26(3)21-32)46(44,45)33-19-14-30(37)15-20-33/h6-21,27,34H,5,22-24H2,1-4H3,(H,39,43)/t27-,34+/m0/s1. The number of halogens is 2. The summed E-state index contributed by atoms with van der Waals surface area (Å²) in [6, 6.07) is 24.7. The molecule has 10 heteroatoms. The second-order valence-electron chi connectivity index (χ2n) is 11.4. The molecular weight excluding hydrogens is 625 g/mol. The van der Waals surface area contributed by atoms with Gasteiger partial charge >= 0.3 is 0 Å². The number of nitrogens with zero attached hydrogens (tertiary/aromatic N) is 2. The third-order valence-electron chi connectivity index (χ3n) is 8.00. The normalized spacial score (nSPS) is 12.7. The van der Waals surface area contributed by atoms with Crippen LogP contribution in [-0.4, -0.2) is 43.8 Å². The van der Waals surface area contributed by atoms with Gasteiger partial charge in [-0.25, -0.2) is 12.8 Å². The topological polar surface area (TPSA) is 86.8 Å². The predicted molar refractivity (Wildman–Crippen MR) is 181 cm³/mol. The van der Waals surface area contributed by atoms with Crippen LogP contribution in [0.4, 0.5) is 10.1 Å². The molecule has 0 fully saturated rings. The van der Waals surface area contributed by atoms with E-state index in [0.29, 0.717) is 22.7 Å². The van der Waals surface area contributed by atoms with Gasteiger partial charge in [-0.3, -0.25) is 13.9 Å². The Balaban J connectivity index is 1.82. The van der Waals surface area contributed by atoms with E-state index in [2.05, 4.69) is 5.32 Å². The van der Waals surface area contributed by atoms with E-state index in [1.54, 1.807) is 30.3 Å². The van der Waals surface area contributed by atoms with E-state index in [1.807, 2.05) is 58.0 Å². The number of benzene rings is 4. The molecule has 4 aromatic carbocycles. The molecule has 0 aliphatic heterocycles. The van der Waals surface area contributed by atoms with Crippen LogP contribution in [0.1, 0.15) is 42.5 Å². The Morgan fingerprint density at radius 3 is 2.13 bits per heavy atom. The summed E-state index contributed by atoms with van der Waals surface area (Å²) in [5.41, 5.74) is 3.52. The number of hydrogen-bond donors (Lipinski definition) is 1. The molecule has 2 atom stereocenters. The van der Waals surface area contributed by atoms with Gasteiger partial charge in [-0.15, -0.1) is 0 Å². The summed E-state index contributed by atoms with van der Waals surface area (Å²) in [5.74, 6) is -1.40. The molecule has 46 heavy (non-hydrogen) atoms. The molecule has 0 saturated carbocycles. The Bertz CT molecular complexity index is 1750. The van der Waals surface area contributed by atoms with Crippen molar-refractivity contribution in [2.45, 2.75) is 64.1 Å². The van der Waals surface area contributed by atoms with Crippen molar-refractivity contribution < 1.29 is 22.4 Å². The van der Waals surface area contributed by atoms with Crippen molar-refractivity contribution in [3.05, 3.63) is 130 Å². The van der Waals surface area contributed by atoms with E-state index >= 15 is 0 Å². The minimum atomic E-state index is -4.26. The Morgan fingerprint density at radius 1 is 0.870 bits per heavy atom. The van der Waals surface area contributed by atoms with Gasteiger partial charge in [-0.05, 0) is 98.0 Å². The van der Waals surface area contributed by atoms with Crippen molar-refractivity contribution in [1.82, 2.24) is 10.2 Å². The first kappa shape index (κ1) is 34.7. The highest BCUT2D eigenvalue weighted by atomic mass is 35.5. The van der Waals surface area contributed by atoms with Crippen LogP contribution in [0.3, 0.4) is 0 Å². The lowest BCUT2D eigenvalue weighted by Gasteiger charge is -2.34. The minimum Gasteiger partial charge on any atom is -0.352 e. The Morgan fingerprint density at radius 2 is 1.52 bits per heavy atom. The molecule has 0 saturated heterocycles. The zero-order chi connectivity index (χ0) is 33.4. The number of carbonyl (C=O) groups is 2. The molecule has 0 aliphatic rings. The summed E-state index contributed by atoms with van der Waals surface area (Å²) in [6.45, 7) is 6.97. The van der Waals surface area contributed by atoms with Crippen LogP contribution in [0, 0.1) is 19.7 Å². The summed E-state index contributed by atoms with van der Waals surface area (Å²) in [6.07, 6.45) is 0.860. The third-order valence-corrected chi connectivity index (χ3v) is 10.0. The van der Waals surface area contributed by atoms with Crippen molar-refractivity contribution in [3.63, 3.8) is 0 Å². The van der Waals surface area contributed by atoms with Gasteiger partial charge in [-0.2, -0.15) is 0 Å². The maximum absolute atomic E-state index is 14.5. The van der Waals surface area contributed by atoms with Crippen LogP contribution >= 0.6 is 11.6 Å². The van der Waals surface area contributed by atoms with Crippen LogP contribution in [-0.2, 0) is 32.6 Å². The molecule has 0 aliphatic carbocycles. The number of sulfonamides is 1. The molecular formula is C36H39ClFN3O4S. The molecule has 4 rings (SSSR count). The largest absolute Gasteiger partial charge is 0.352 e. The molecule has 0 heterocycles. The minimum absolute atomic E-state index is 0.0386. The first-order valence-corrected chi connectivity index (χ1v) is 16.9. The highest BCUT2D eigenvalue weighted by Gasteiger charge is 2.35. The Labute approximate surface area is 276 Å². The molecule has 4 aromatic rings. The maximum Gasteiger partial charge on any atom is 0.264 e. The number of hydrogen-bond acceptors (Lipinski definition) is 4. The molecule has 0 aromatic heterocycles. The van der Waals surface area contributed by atoms with Crippen molar-refractivity contribution in [1.29, 1.82) is 0 Å². The molecule has 0 bridgehead atoms. The van der Waals surface area contributed by atoms with Crippen molar-refractivity contribution in [3.8, 4) is 0 Å². The first-order valence-electron chi connectivity index (χ1n) is 15.1. The van der Waals surface area contributed by atoms with E-state index in [0.717, 1.165) is 21.0 Å². The second kappa shape index (κ2) is 15.4. The molecule has 1 N–H and O–H groups in total. The average Bonchev–Trinajstić information content (AvgIpc) is 3.04. The monoisotopic (exact) mass is 663 g/mol. The van der Waals surface area contributed by atoms with Gasteiger partial charge in [0.1, 0.15) is 18.4 Å². The molecule has 2 amide bonds. The van der Waals surface area contributed by atoms with Crippen LogP contribution in [0.25, 0.3) is 0 Å². The SMILES string of the molecule is CC[C@H](C)NC(=O)[C@@H](Cc1ccccc1)N(Cc1ccc(F)cc1)C(=O)CN(c1ccc(C)c(C)c1)S(=O)(=O)c1ccc(Cl)cc1. The van der Waals surface area contributed by atoms with Crippen LogP contribution in [0.5, 0.6) is 0 Å². The lowest BCUT2D eigenvalue weighted by molar-refractivity contribution is -0.140. The highest BCUT2D eigenvalue weighted by molar-refractivity contribution is 7.92. The number of rotatable bonds is 13. The number of carbonyl (C=O) groups excluding carboxylic acids is 2. The number of nitrogens with one attached hydrogen (secondary N) is 1. The van der Waals surface area contributed by atoms with Crippen LogP contribution < -0.4 is 9.62 Å². The molecule has 0 radical (unpaired) electrons. The Hall–Kier alpha value is -4.21. The number of anilines is 1. The highest BCUT2D eigenvalue weighted by Crippen LogP contribution is 2.28. The van der Waals surface area contributed by atoms with E-state index in [9.17, 15) is 22.4 Å².